The van der Waals surface area contributed by atoms with Crippen LogP contribution in [-0.4, -0.2) is 78.7 Å². The van der Waals surface area contributed by atoms with Gasteiger partial charge in [-0.25, -0.2) is 9.48 Å². The third-order valence-electron chi connectivity index (χ3n) is 6.52. The Kier molecular flexibility index (Phi) is 7.60. The van der Waals surface area contributed by atoms with Crippen LogP contribution in [-0.2, 0) is 20.9 Å². The van der Waals surface area contributed by atoms with Crippen LogP contribution in [0.5, 0.6) is 0 Å². The van der Waals surface area contributed by atoms with Gasteiger partial charge in [0.15, 0.2) is 0 Å². The number of amides is 3. The highest BCUT2D eigenvalue weighted by Gasteiger charge is 2.43. The van der Waals surface area contributed by atoms with Crippen molar-refractivity contribution in [3.05, 3.63) is 35.1 Å². The molecule has 2 saturated heterocycles. The molecule has 0 aliphatic carbocycles. The lowest BCUT2D eigenvalue weighted by molar-refractivity contribution is -0.136. The Morgan fingerprint density at radius 3 is 2.64 bits per heavy atom. The fourth-order valence-electron chi connectivity index (χ4n) is 4.86. The summed E-state index contributed by atoms with van der Waals surface area (Å²) < 4.78 is 7.03. The average Bonchev–Trinajstić information content (AvgIpc) is 3.53. The summed E-state index contributed by atoms with van der Waals surface area (Å²) in [5.41, 5.74) is 0.951. The van der Waals surface area contributed by atoms with Crippen molar-refractivity contribution in [3.8, 4) is 5.69 Å². The number of likely N-dealkylation sites (tertiary alicyclic amines) is 2. The van der Waals surface area contributed by atoms with Gasteiger partial charge in [0.25, 0.3) is 0 Å². The minimum atomic E-state index is -0.752. The summed E-state index contributed by atoms with van der Waals surface area (Å²) in [5, 5.41) is 14.5. The Balaban J connectivity index is 1.45. The van der Waals surface area contributed by atoms with Crippen LogP contribution < -0.4 is 5.32 Å². The molecule has 2 aliphatic heterocycles. The smallest absolute Gasteiger partial charge is 0.410 e. The van der Waals surface area contributed by atoms with E-state index in [1.807, 2.05) is 24.0 Å². The van der Waals surface area contributed by atoms with Crippen molar-refractivity contribution in [1.29, 1.82) is 0 Å². The summed E-state index contributed by atoms with van der Waals surface area (Å²) in [4.78, 5) is 42.5. The highest BCUT2D eigenvalue weighted by atomic mass is 35.5. The Bertz CT molecular complexity index is 1120. The maximum atomic E-state index is 13.2. The number of benzene rings is 1. The van der Waals surface area contributed by atoms with E-state index in [4.69, 9.17) is 16.3 Å². The van der Waals surface area contributed by atoms with Gasteiger partial charge in [-0.1, -0.05) is 18.5 Å². The largest absolute Gasteiger partial charge is 0.444 e. The first-order chi connectivity index (χ1) is 17.0. The maximum Gasteiger partial charge on any atom is 0.410 e. The molecule has 1 N–H and O–H groups in total. The molecule has 0 bridgehead atoms. The van der Waals surface area contributed by atoms with Gasteiger partial charge in [0.1, 0.15) is 18.0 Å². The molecule has 0 saturated carbocycles. The Labute approximate surface area is 215 Å². The van der Waals surface area contributed by atoms with E-state index in [2.05, 4.69) is 20.8 Å². The van der Waals surface area contributed by atoms with Crippen LogP contribution in [0.4, 0.5) is 4.79 Å². The Morgan fingerprint density at radius 1 is 1.17 bits per heavy atom. The van der Waals surface area contributed by atoms with Gasteiger partial charge in [-0.05, 0) is 86.7 Å². The van der Waals surface area contributed by atoms with Gasteiger partial charge in [0.2, 0.25) is 11.8 Å². The molecule has 2 aromatic rings. The van der Waals surface area contributed by atoms with Crippen molar-refractivity contribution < 1.29 is 19.1 Å². The molecule has 3 heterocycles. The average molecular weight is 518 g/mol. The number of carbonyl (C=O) groups excluding carboxylic acids is 3. The molecule has 11 nitrogen and oxygen atoms in total. The predicted octanol–water partition coefficient (Wildman–Crippen LogP) is 2.57. The number of halogens is 1. The number of nitrogens with zero attached hydrogens (tertiary/aromatic N) is 6. The van der Waals surface area contributed by atoms with E-state index in [1.54, 1.807) is 31.5 Å². The Hall–Kier alpha value is -3.05. The van der Waals surface area contributed by atoms with E-state index < -0.39 is 29.7 Å². The summed E-state index contributed by atoms with van der Waals surface area (Å²) in [6.45, 7) is 8.78. The van der Waals surface area contributed by atoms with Crippen LogP contribution >= 0.6 is 11.6 Å². The number of ether oxygens (including phenoxy) is 1. The maximum absolute atomic E-state index is 13.2. The molecule has 3 atom stereocenters. The zero-order chi connectivity index (χ0) is 26.0. The third kappa shape index (κ3) is 5.84. The van der Waals surface area contributed by atoms with E-state index in [1.165, 1.54) is 11.2 Å². The van der Waals surface area contributed by atoms with E-state index in [0.717, 1.165) is 17.7 Å². The molecule has 4 rings (SSSR count). The molecule has 2 aliphatic rings. The van der Waals surface area contributed by atoms with Crippen LogP contribution in [0.1, 0.15) is 52.5 Å². The molecule has 3 amide bonds. The topological polar surface area (TPSA) is 123 Å². The lowest BCUT2D eigenvalue weighted by Gasteiger charge is -2.30. The molecule has 0 spiro atoms. The number of imide groups is 1. The molecule has 1 aromatic heterocycles. The van der Waals surface area contributed by atoms with Crippen molar-refractivity contribution in [1.82, 2.24) is 35.3 Å². The van der Waals surface area contributed by atoms with Gasteiger partial charge < -0.3 is 4.74 Å². The third-order valence-corrected chi connectivity index (χ3v) is 6.76. The van der Waals surface area contributed by atoms with E-state index >= 15 is 0 Å². The fraction of sp³-hybridized carbons (Fsp3) is 0.583. The quantitative estimate of drug-likeness (QED) is 0.600. The van der Waals surface area contributed by atoms with Gasteiger partial charge in [-0.2, -0.15) is 0 Å². The summed E-state index contributed by atoms with van der Waals surface area (Å²) in [6.07, 6.45) is 3.06. The molecule has 2 fully saturated rings. The SMILES string of the molecule is CC1CCN(C(=O)OC(C)(C)C)[C@@H]1C(=O)NC(=O)[C@@H]1CCCN1Cc1cc(Cl)ccc1-n1cnnn1. The number of hydrogen-bond acceptors (Lipinski definition) is 8. The zero-order valence-electron chi connectivity index (χ0n) is 21.0. The second kappa shape index (κ2) is 10.5. The van der Waals surface area contributed by atoms with Gasteiger partial charge >= 0.3 is 6.09 Å². The van der Waals surface area contributed by atoms with Crippen molar-refractivity contribution in [3.63, 3.8) is 0 Å². The number of aromatic nitrogens is 4. The molecular formula is C24H32ClN7O4. The van der Waals surface area contributed by atoms with E-state index in [-0.39, 0.29) is 11.8 Å². The zero-order valence-corrected chi connectivity index (χ0v) is 21.7. The lowest BCUT2D eigenvalue weighted by atomic mass is 10.0. The highest BCUT2D eigenvalue weighted by molar-refractivity contribution is 6.30. The Morgan fingerprint density at radius 2 is 1.94 bits per heavy atom. The van der Waals surface area contributed by atoms with Crippen LogP contribution in [0, 0.1) is 5.92 Å². The van der Waals surface area contributed by atoms with Crippen molar-refractivity contribution >= 4 is 29.5 Å². The first-order valence-corrected chi connectivity index (χ1v) is 12.5. The van der Waals surface area contributed by atoms with Gasteiger partial charge in [0.05, 0.1) is 11.7 Å². The van der Waals surface area contributed by atoms with Gasteiger partial charge in [-0.3, -0.25) is 24.7 Å². The number of nitrogens with one attached hydrogen (secondary N) is 1. The first kappa shape index (κ1) is 26.0. The second-order valence-corrected chi connectivity index (χ2v) is 10.8. The van der Waals surface area contributed by atoms with Gasteiger partial charge in [-0.15, -0.1) is 5.10 Å². The monoisotopic (exact) mass is 517 g/mol. The number of rotatable bonds is 5. The first-order valence-electron chi connectivity index (χ1n) is 12.1. The molecule has 0 radical (unpaired) electrons. The molecule has 36 heavy (non-hydrogen) atoms. The summed E-state index contributed by atoms with van der Waals surface area (Å²) in [6, 6.07) is 4.18. The second-order valence-electron chi connectivity index (χ2n) is 10.4. The van der Waals surface area contributed by atoms with Crippen molar-refractivity contribution in [2.75, 3.05) is 13.1 Å². The molecule has 1 unspecified atom stereocenters. The molecule has 12 heteroatoms. The molecular weight excluding hydrogens is 486 g/mol. The fourth-order valence-corrected chi connectivity index (χ4v) is 5.05. The normalized spacial score (nSPS) is 22.6. The summed E-state index contributed by atoms with van der Waals surface area (Å²) >= 11 is 6.25. The number of tetrazole rings is 1. The number of hydrogen-bond donors (Lipinski definition) is 1. The standard InChI is InChI=1S/C24H32ClN7O4/c1-15-9-11-31(23(35)36-24(2,3)4)20(15)22(34)27-21(33)19-6-5-10-30(19)13-16-12-17(25)7-8-18(16)32-14-26-28-29-32/h7-8,12,14-15,19-20H,5-6,9-11,13H2,1-4H3,(H,27,33,34)/t15?,19-,20-/m0/s1. The van der Waals surface area contributed by atoms with Gasteiger partial charge in [0, 0.05) is 18.1 Å². The van der Waals surface area contributed by atoms with Crippen LogP contribution in [0.3, 0.4) is 0 Å². The lowest BCUT2D eigenvalue weighted by Crippen LogP contribution is -2.53. The minimum absolute atomic E-state index is 0.0877. The summed E-state index contributed by atoms with van der Waals surface area (Å²) in [5.74, 6) is -0.929. The van der Waals surface area contributed by atoms with E-state index in [9.17, 15) is 14.4 Å². The van der Waals surface area contributed by atoms with Crippen molar-refractivity contribution in [2.24, 2.45) is 5.92 Å². The van der Waals surface area contributed by atoms with Crippen molar-refractivity contribution in [2.45, 2.75) is 71.2 Å². The highest BCUT2D eigenvalue weighted by Crippen LogP contribution is 2.28. The predicted molar refractivity (Wildman–Crippen MR) is 131 cm³/mol. The number of carbonyl (C=O) groups is 3. The summed E-state index contributed by atoms with van der Waals surface area (Å²) in [7, 11) is 0. The van der Waals surface area contributed by atoms with Crippen LogP contribution in [0.25, 0.3) is 5.69 Å². The molecule has 194 valence electrons. The van der Waals surface area contributed by atoms with Crippen LogP contribution in [0.2, 0.25) is 5.02 Å². The minimum Gasteiger partial charge on any atom is -0.444 e. The van der Waals surface area contributed by atoms with E-state index in [0.29, 0.717) is 37.5 Å². The van der Waals surface area contributed by atoms with Crippen LogP contribution in [0.15, 0.2) is 24.5 Å². The molecule has 1 aromatic carbocycles.